The minimum absolute atomic E-state index is 0.157. The van der Waals surface area contributed by atoms with Crippen LogP contribution in [0.5, 0.6) is 0 Å². The van der Waals surface area contributed by atoms with E-state index in [1.165, 1.54) is 6.42 Å². The van der Waals surface area contributed by atoms with Crippen molar-refractivity contribution < 1.29 is 9.72 Å². The zero-order valence-electron chi connectivity index (χ0n) is 19.1. The van der Waals surface area contributed by atoms with Crippen LogP contribution in [0.1, 0.15) is 35.2 Å². The number of amides is 1. The number of nitro benzene ring substituents is 1. The Kier molecular flexibility index (Phi) is 7.53. The van der Waals surface area contributed by atoms with Gasteiger partial charge in [0.25, 0.3) is 11.6 Å². The van der Waals surface area contributed by atoms with Gasteiger partial charge in [-0.05, 0) is 68.2 Å². The van der Waals surface area contributed by atoms with Crippen LogP contribution in [0.3, 0.4) is 0 Å². The third-order valence-corrected chi connectivity index (χ3v) is 7.21. The smallest absolute Gasteiger partial charge is 0.292 e. The first kappa shape index (κ1) is 24.2. The molecule has 0 atom stereocenters. The van der Waals surface area contributed by atoms with E-state index in [1.54, 1.807) is 24.3 Å². The van der Waals surface area contributed by atoms with Crippen molar-refractivity contribution in [2.24, 2.45) is 0 Å². The molecule has 2 saturated heterocycles. The van der Waals surface area contributed by atoms with Crippen LogP contribution in [0.25, 0.3) is 0 Å². The van der Waals surface area contributed by atoms with Gasteiger partial charge in [0, 0.05) is 61.6 Å². The summed E-state index contributed by atoms with van der Waals surface area (Å²) in [5, 5.41) is 15.3. The van der Waals surface area contributed by atoms with E-state index in [-0.39, 0.29) is 16.5 Å². The average molecular weight is 502 g/mol. The molecule has 2 fully saturated rings. The Morgan fingerprint density at radius 2 is 1.71 bits per heavy atom. The van der Waals surface area contributed by atoms with E-state index in [4.69, 9.17) is 23.8 Å². The summed E-state index contributed by atoms with van der Waals surface area (Å²) in [6, 6.07) is 10.6. The zero-order chi connectivity index (χ0) is 24.2. The van der Waals surface area contributed by atoms with Gasteiger partial charge in [-0.2, -0.15) is 0 Å². The first-order valence-corrected chi connectivity index (χ1v) is 12.3. The number of rotatable bonds is 4. The molecule has 10 heteroatoms. The fraction of sp³-hybridized carbons (Fsp3) is 0.417. The average Bonchev–Trinajstić information content (AvgIpc) is 2.85. The third kappa shape index (κ3) is 5.42. The Labute approximate surface area is 209 Å². The van der Waals surface area contributed by atoms with Gasteiger partial charge in [0.15, 0.2) is 5.11 Å². The van der Waals surface area contributed by atoms with Crippen molar-refractivity contribution in [3.63, 3.8) is 0 Å². The highest BCUT2D eigenvalue weighted by Crippen LogP contribution is 2.34. The van der Waals surface area contributed by atoms with E-state index in [1.807, 2.05) is 24.0 Å². The molecule has 8 nitrogen and oxygen atoms in total. The zero-order valence-corrected chi connectivity index (χ0v) is 20.7. The van der Waals surface area contributed by atoms with Crippen molar-refractivity contribution in [1.29, 1.82) is 0 Å². The van der Waals surface area contributed by atoms with Gasteiger partial charge in [-0.15, -0.1) is 0 Å². The Morgan fingerprint density at radius 1 is 1.00 bits per heavy atom. The summed E-state index contributed by atoms with van der Waals surface area (Å²) in [6.07, 6.45) is 3.27. The summed E-state index contributed by atoms with van der Waals surface area (Å²) in [7, 11) is 0. The van der Waals surface area contributed by atoms with Gasteiger partial charge in [-0.1, -0.05) is 17.7 Å². The SMILES string of the molecule is Cc1ccc(C(=O)NC(=S)N2CCN(c3ccc([N+](=O)[O-])c(N4CCCCC4)c3)CC2)cc1Cl. The molecule has 0 aromatic heterocycles. The van der Waals surface area contributed by atoms with E-state index in [0.717, 1.165) is 37.2 Å². The van der Waals surface area contributed by atoms with Crippen LogP contribution in [0, 0.1) is 17.0 Å². The number of nitro groups is 1. The van der Waals surface area contributed by atoms with E-state index >= 15 is 0 Å². The van der Waals surface area contributed by atoms with Gasteiger partial charge in [0.05, 0.1) is 4.92 Å². The highest BCUT2D eigenvalue weighted by atomic mass is 35.5. The molecule has 2 aliphatic rings. The summed E-state index contributed by atoms with van der Waals surface area (Å²) in [4.78, 5) is 30.2. The second kappa shape index (κ2) is 10.6. The maximum absolute atomic E-state index is 12.6. The Hall–Kier alpha value is -2.91. The molecule has 0 saturated carbocycles. The number of hydrogen-bond acceptors (Lipinski definition) is 6. The van der Waals surface area contributed by atoms with E-state index < -0.39 is 0 Å². The van der Waals surface area contributed by atoms with E-state index in [2.05, 4.69) is 15.1 Å². The van der Waals surface area contributed by atoms with Gasteiger partial charge in [-0.25, -0.2) is 0 Å². The van der Waals surface area contributed by atoms with Crippen LogP contribution < -0.4 is 15.1 Å². The lowest BCUT2D eigenvalue weighted by Crippen LogP contribution is -2.52. The monoisotopic (exact) mass is 501 g/mol. The van der Waals surface area contributed by atoms with Crippen molar-refractivity contribution >= 4 is 51.9 Å². The summed E-state index contributed by atoms with van der Waals surface area (Å²) < 4.78 is 0. The van der Waals surface area contributed by atoms with Crippen LogP contribution in [0.2, 0.25) is 5.02 Å². The van der Waals surface area contributed by atoms with Gasteiger partial charge < -0.3 is 14.7 Å². The predicted octanol–water partition coefficient (Wildman–Crippen LogP) is 4.38. The van der Waals surface area contributed by atoms with E-state index in [9.17, 15) is 14.9 Å². The molecule has 0 unspecified atom stereocenters. The minimum atomic E-state index is -0.298. The molecule has 0 radical (unpaired) electrons. The molecule has 2 aliphatic heterocycles. The molecule has 34 heavy (non-hydrogen) atoms. The van der Waals surface area contributed by atoms with Crippen LogP contribution >= 0.6 is 23.8 Å². The number of nitrogens with zero attached hydrogens (tertiary/aromatic N) is 4. The predicted molar refractivity (Wildman–Crippen MR) is 139 cm³/mol. The van der Waals surface area contributed by atoms with Crippen LogP contribution in [-0.4, -0.2) is 60.1 Å². The fourth-order valence-corrected chi connectivity index (χ4v) is 4.86. The second-order valence-electron chi connectivity index (χ2n) is 8.68. The number of carbonyl (C=O) groups excluding carboxylic acids is 1. The molecule has 2 aromatic rings. The molecule has 0 spiro atoms. The van der Waals surface area contributed by atoms with Crippen LogP contribution in [0.4, 0.5) is 17.1 Å². The highest BCUT2D eigenvalue weighted by molar-refractivity contribution is 7.80. The normalized spacial score (nSPS) is 16.4. The number of thiocarbonyl (C=S) groups is 1. The largest absolute Gasteiger partial charge is 0.368 e. The number of hydrogen-bond donors (Lipinski definition) is 1. The lowest BCUT2D eigenvalue weighted by atomic mass is 10.1. The highest BCUT2D eigenvalue weighted by Gasteiger charge is 2.25. The Bertz CT molecular complexity index is 1100. The number of anilines is 2. The first-order valence-electron chi connectivity index (χ1n) is 11.5. The fourth-order valence-electron chi connectivity index (χ4n) is 4.40. The third-order valence-electron chi connectivity index (χ3n) is 6.44. The summed E-state index contributed by atoms with van der Waals surface area (Å²) >= 11 is 11.6. The second-order valence-corrected chi connectivity index (χ2v) is 9.47. The molecule has 1 amide bonds. The lowest BCUT2D eigenvalue weighted by molar-refractivity contribution is -0.384. The molecule has 1 N–H and O–H groups in total. The van der Waals surface area contributed by atoms with Crippen molar-refractivity contribution in [3.05, 3.63) is 62.7 Å². The van der Waals surface area contributed by atoms with Crippen molar-refractivity contribution in [3.8, 4) is 0 Å². The van der Waals surface area contributed by atoms with Crippen molar-refractivity contribution in [2.75, 3.05) is 49.1 Å². The van der Waals surface area contributed by atoms with Crippen LogP contribution in [0.15, 0.2) is 36.4 Å². The van der Waals surface area contributed by atoms with Gasteiger partial charge in [0.1, 0.15) is 5.69 Å². The standard InChI is InChI=1S/C24H28ClN5O3S/c1-17-5-6-18(15-20(17)25)23(31)26-24(34)29-13-11-27(12-14-29)19-7-8-21(30(32)33)22(16-19)28-9-3-2-4-10-28/h5-8,15-16H,2-4,9-14H2,1H3,(H,26,31,34). The van der Waals surface area contributed by atoms with Crippen LogP contribution in [-0.2, 0) is 0 Å². The van der Waals surface area contributed by atoms with Gasteiger partial charge in [0.2, 0.25) is 0 Å². The summed E-state index contributed by atoms with van der Waals surface area (Å²) in [5.41, 5.74) is 3.20. The van der Waals surface area contributed by atoms with Gasteiger partial charge in [-0.3, -0.25) is 20.2 Å². The summed E-state index contributed by atoms with van der Waals surface area (Å²) in [6.45, 7) is 6.26. The maximum atomic E-state index is 12.6. The number of piperazine rings is 1. The summed E-state index contributed by atoms with van der Waals surface area (Å²) in [5.74, 6) is -0.282. The number of nitrogens with one attached hydrogen (secondary N) is 1. The molecule has 0 aliphatic carbocycles. The molecule has 2 aromatic carbocycles. The minimum Gasteiger partial charge on any atom is -0.368 e. The maximum Gasteiger partial charge on any atom is 0.292 e. The quantitative estimate of drug-likeness (QED) is 0.378. The molecule has 0 bridgehead atoms. The molecular weight excluding hydrogens is 474 g/mol. The van der Waals surface area contributed by atoms with Crippen molar-refractivity contribution in [1.82, 2.24) is 10.2 Å². The van der Waals surface area contributed by atoms with Crippen molar-refractivity contribution in [2.45, 2.75) is 26.2 Å². The Morgan fingerprint density at radius 3 is 2.35 bits per heavy atom. The number of halogens is 1. The number of piperidine rings is 1. The number of benzene rings is 2. The molecule has 4 rings (SSSR count). The molecular formula is C24H28ClN5O3S. The topological polar surface area (TPSA) is 82.0 Å². The molecule has 180 valence electrons. The Balaban J connectivity index is 1.39. The molecule has 2 heterocycles. The number of aryl methyl sites for hydroxylation is 1. The first-order chi connectivity index (χ1) is 16.3. The van der Waals surface area contributed by atoms with E-state index in [0.29, 0.717) is 47.6 Å². The lowest BCUT2D eigenvalue weighted by Gasteiger charge is -2.37. The van der Waals surface area contributed by atoms with Gasteiger partial charge >= 0.3 is 0 Å². The number of carbonyl (C=O) groups is 1.